The number of guanidine groups is 1. The number of hydrogen-bond acceptors (Lipinski definition) is 5. The highest BCUT2D eigenvalue weighted by atomic mass is 15.3. The smallest absolute Gasteiger partial charge is 0.191 e. The normalized spacial score (nSPS) is 11.4. The number of anilines is 1. The van der Waals surface area contributed by atoms with Crippen LogP contribution in [0.1, 0.15) is 34.6 Å². The van der Waals surface area contributed by atoms with Gasteiger partial charge in [-0.1, -0.05) is 18.2 Å². The molecule has 0 aliphatic carbocycles. The van der Waals surface area contributed by atoms with Gasteiger partial charge >= 0.3 is 0 Å². The number of aryl methyl sites for hydroxylation is 3. The summed E-state index contributed by atoms with van der Waals surface area (Å²) in [5.74, 6) is 1.09. The molecule has 9 nitrogen and oxygen atoms in total. The van der Waals surface area contributed by atoms with Gasteiger partial charge in [-0.15, -0.1) is 0 Å². The highest BCUT2D eigenvalue weighted by Crippen LogP contribution is 2.21. The molecule has 3 aromatic rings. The number of nitrogens with one attached hydrogen (secondary N) is 2. The Morgan fingerprint density at radius 2 is 1.94 bits per heavy atom. The van der Waals surface area contributed by atoms with Crippen molar-refractivity contribution in [1.82, 2.24) is 30.2 Å². The molecule has 0 fully saturated rings. The number of benzene rings is 1. The standard InChI is InChI=1S/C22H29N9/c1-15-19(16(2)30(4)28-15)14-27-22(25-3)26-12-8-11-20-18(13-23)21(24)31(29-20)17-9-6-5-7-10-17/h5-7,9-10H,8,11-12,14,24H2,1-4H3,(H2,25,26,27). The molecule has 0 aliphatic rings. The summed E-state index contributed by atoms with van der Waals surface area (Å²) in [7, 11) is 3.69. The number of aliphatic imine (C=N–C) groups is 1. The summed E-state index contributed by atoms with van der Waals surface area (Å²) in [6.45, 7) is 5.41. The first-order chi connectivity index (χ1) is 15.0. The minimum atomic E-state index is 0.372. The van der Waals surface area contributed by atoms with Gasteiger partial charge in [0.2, 0.25) is 0 Å². The van der Waals surface area contributed by atoms with Crippen LogP contribution < -0.4 is 16.4 Å². The molecule has 4 N–H and O–H groups in total. The van der Waals surface area contributed by atoms with E-state index in [0.717, 1.165) is 29.5 Å². The van der Waals surface area contributed by atoms with E-state index < -0.39 is 0 Å². The lowest BCUT2D eigenvalue weighted by Gasteiger charge is -2.12. The average Bonchev–Trinajstić information content (AvgIpc) is 3.22. The molecule has 162 valence electrons. The van der Waals surface area contributed by atoms with Crippen molar-refractivity contribution in [2.45, 2.75) is 33.2 Å². The van der Waals surface area contributed by atoms with Gasteiger partial charge in [0.15, 0.2) is 5.96 Å². The van der Waals surface area contributed by atoms with Crippen molar-refractivity contribution < 1.29 is 0 Å². The second kappa shape index (κ2) is 9.80. The van der Waals surface area contributed by atoms with E-state index in [9.17, 15) is 5.26 Å². The second-order valence-electron chi connectivity index (χ2n) is 7.30. The van der Waals surface area contributed by atoms with Crippen molar-refractivity contribution in [3.05, 3.63) is 58.5 Å². The molecule has 9 heteroatoms. The fourth-order valence-electron chi connectivity index (χ4n) is 3.47. The van der Waals surface area contributed by atoms with Gasteiger partial charge in [0.05, 0.1) is 17.1 Å². The van der Waals surface area contributed by atoms with Gasteiger partial charge in [-0.05, 0) is 38.8 Å². The van der Waals surface area contributed by atoms with E-state index >= 15 is 0 Å². The van der Waals surface area contributed by atoms with E-state index in [1.165, 1.54) is 5.56 Å². The summed E-state index contributed by atoms with van der Waals surface area (Å²) in [6, 6.07) is 11.8. The number of aromatic nitrogens is 4. The van der Waals surface area contributed by atoms with Crippen LogP contribution in [-0.4, -0.2) is 39.1 Å². The summed E-state index contributed by atoms with van der Waals surface area (Å²) in [5, 5.41) is 25.2. The Kier molecular flexibility index (Phi) is 6.92. The van der Waals surface area contributed by atoms with Crippen molar-refractivity contribution in [3.63, 3.8) is 0 Å². The summed E-state index contributed by atoms with van der Waals surface area (Å²) < 4.78 is 3.51. The van der Waals surface area contributed by atoms with E-state index in [2.05, 4.69) is 38.8 Å². The number of hydrogen-bond donors (Lipinski definition) is 3. The number of nitrogen functional groups attached to an aromatic ring is 1. The van der Waals surface area contributed by atoms with Crippen LogP contribution in [0.5, 0.6) is 0 Å². The van der Waals surface area contributed by atoms with Gasteiger partial charge in [0.25, 0.3) is 0 Å². The zero-order valence-corrected chi connectivity index (χ0v) is 18.5. The molecule has 0 saturated heterocycles. The lowest BCUT2D eigenvalue weighted by Crippen LogP contribution is -2.37. The van der Waals surface area contributed by atoms with Gasteiger partial charge in [-0.25, -0.2) is 4.68 Å². The molecule has 0 spiro atoms. The van der Waals surface area contributed by atoms with Crippen LogP contribution in [0, 0.1) is 25.2 Å². The second-order valence-corrected chi connectivity index (χ2v) is 7.30. The fourth-order valence-corrected chi connectivity index (χ4v) is 3.47. The van der Waals surface area contributed by atoms with Crippen LogP contribution in [0.15, 0.2) is 35.3 Å². The minimum absolute atomic E-state index is 0.372. The maximum Gasteiger partial charge on any atom is 0.191 e. The Morgan fingerprint density at radius 1 is 1.19 bits per heavy atom. The van der Waals surface area contributed by atoms with Gasteiger partial charge in [-0.3, -0.25) is 9.67 Å². The highest BCUT2D eigenvalue weighted by molar-refractivity contribution is 5.79. The van der Waals surface area contributed by atoms with Gasteiger partial charge < -0.3 is 16.4 Å². The predicted octanol–water partition coefficient (Wildman–Crippen LogP) is 1.97. The van der Waals surface area contributed by atoms with Crippen LogP contribution in [0.2, 0.25) is 0 Å². The first kappa shape index (κ1) is 21.9. The fraction of sp³-hybridized carbons (Fsp3) is 0.364. The van der Waals surface area contributed by atoms with Crippen LogP contribution in [0.3, 0.4) is 0 Å². The van der Waals surface area contributed by atoms with Crippen molar-refractivity contribution in [2.75, 3.05) is 19.3 Å². The van der Waals surface area contributed by atoms with Crippen molar-refractivity contribution in [1.29, 1.82) is 5.26 Å². The maximum atomic E-state index is 9.53. The van der Waals surface area contributed by atoms with E-state index in [0.29, 0.717) is 36.6 Å². The van der Waals surface area contributed by atoms with E-state index in [-0.39, 0.29) is 0 Å². The van der Waals surface area contributed by atoms with Crippen molar-refractivity contribution >= 4 is 11.8 Å². The SMILES string of the molecule is CN=C(NCCCc1nn(-c2ccccc2)c(N)c1C#N)NCc1c(C)nn(C)c1C. The topological polar surface area (TPSA) is 122 Å². The summed E-state index contributed by atoms with van der Waals surface area (Å²) in [5.41, 5.74) is 11.5. The Hall–Kier alpha value is -3.80. The van der Waals surface area contributed by atoms with Gasteiger partial charge in [-0.2, -0.15) is 15.5 Å². The number of nitrogens with two attached hydrogens (primary N) is 1. The molecular weight excluding hydrogens is 390 g/mol. The van der Waals surface area contributed by atoms with Crippen molar-refractivity contribution in [2.24, 2.45) is 12.0 Å². The Morgan fingerprint density at radius 3 is 2.55 bits per heavy atom. The molecule has 0 radical (unpaired) electrons. The molecule has 3 rings (SSSR count). The molecular formula is C22H29N9. The van der Waals surface area contributed by atoms with E-state index in [1.807, 2.05) is 49.0 Å². The number of nitrogens with zero attached hydrogens (tertiary/aromatic N) is 6. The largest absolute Gasteiger partial charge is 0.382 e. The third kappa shape index (κ3) is 4.86. The third-order valence-electron chi connectivity index (χ3n) is 5.30. The molecule has 0 unspecified atom stereocenters. The third-order valence-corrected chi connectivity index (χ3v) is 5.30. The Bertz CT molecular complexity index is 1100. The average molecular weight is 420 g/mol. The molecule has 31 heavy (non-hydrogen) atoms. The molecule has 0 saturated carbocycles. The highest BCUT2D eigenvalue weighted by Gasteiger charge is 2.16. The van der Waals surface area contributed by atoms with Crippen LogP contribution in [0.25, 0.3) is 5.69 Å². The van der Waals surface area contributed by atoms with Crippen LogP contribution in [-0.2, 0) is 20.0 Å². The van der Waals surface area contributed by atoms with Gasteiger partial charge in [0.1, 0.15) is 17.5 Å². The molecule has 2 aromatic heterocycles. The molecule has 0 bridgehead atoms. The maximum absolute atomic E-state index is 9.53. The van der Waals surface area contributed by atoms with E-state index in [1.54, 1.807) is 11.7 Å². The summed E-state index contributed by atoms with van der Waals surface area (Å²) >= 11 is 0. The quantitative estimate of drug-likeness (QED) is 0.306. The lowest BCUT2D eigenvalue weighted by atomic mass is 10.1. The first-order valence-electron chi connectivity index (χ1n) is 10.2. The van der Waals surface area contributed by atoms with Crippen LogP contribution in [0.4, 0.5) is 5.82 Å². The lowest BCUT2D eigenvalue weighted by molar-refractivity contribution is 0.718. The molecule has 0 aliphatic heterocycles. The molecule has 0 amide bonds. The molecule has 1 aromatic carbocycles. The predicted molar refractivity (Wildman–Crippen MR) is 122 cm³/mol. The van der Waals surface area contributed by atoms with E-state index in [4.69, 9.17) is 5.73 Å². The summed E-state index contributed by atoms with van der Waals surface area (Å²) in [4.78, 5) is 4.28. The Labute approximate surface area is 182 Å². The zero-order chi connectivity index (χ0) is 22.4. The Balaban J connectivity index is 1.56. The number of para-hydroxylation sites is 1. The molecule has 0 atom stereocenters. The first-order valence-corrected chi connectivity index (χ1v) is 10.2. The monoisotopic (exact) mass is 419 g/mol. The number of rotatable bonds is 7. The molecule has 2 heterocycles. The number of nitriles is 1. The minimum Gasteiger partial charge on any atom is -0.382 e. The summed E-state index contributed by atoms with van der Waals surface area (Å²) in [6.07, 6.45) is 1.42. The van der Waals surface area contributed by atoms with Crippen molar-refractivity contribution in [3.8, 4) is 11.8 Å². The van der Waals surface area contributed by atoms with Gasteiger partial charge in [0, 0.05) is 38.4 Å². The zero-order valence-electron chi connectivity index (χ0n) is 18.5. The van der Waals surface area contributed by atoms with Crippen LogP contribution >= 0.6 is 0 Å².